The Hall–Kier alpha value is -3.02. The van der Waals surface area contributed by atoms with Gasteiger partial charge in [0, 0.05) is 18.7 Å². The molecule has 2 aromatic carbocycles. The predicted molar refractivity (Wildman–Crippen MR) is 123 cm³/mol. The largest absolute Gasteiger partial charge is 0.490 e. The van der Waals surface area contributed by atoms with Crippen LogP contribution in [0.5, 0.6) is 11.5 Å². The normalized spacial score (nSPS) is 19.0. The summed E-state index contributed by atoms with van der Waals surface area (Å²) in [7, 11) is 0. The summed E-state index contributed by atoms with van der Waals surface area (Å²) in [5.41, 5.74) is 3.50. The number of benzene rings is 2. The number of nitrogens with zero attached hydrogens (tertiary/aromatic N) is 1. The number of hydrogen-bond acceptors (Lipinski definition) is 4. The van der Waals surface area contributed by atoms with Crippen molar-refractivity contribution in [3.05, 3.63) is 58.7 Å². The topological polar surface area (TPSA) is 67.9 Å². The van der Waals surface area contributed by atoms with E-state index in [1.165, 1.54) is 0 Å². The third-order valence-corrected chi connectivity index (χ3v) is 6.30. The van der Waals surface area contributed by atoms with Crippen molar-refractivity contribution < 1.29 is 19.1 Å². The Morgan fingerprint density at radius 3 is 2.50 bits per heavy atom. The van der Waals surface area contributed by atoms with Gasteiger partial charge in [-0.2, -0.15) is 0 Å². The minimum absolute atomic E-state index is 0.0132. The van der Waals surface area contributed by atoms with Gasteiger partial charge in [0.05, 0.1) is 25.2 Å². The molecule has 0 spiro atoms. The highest BCUT2D eigenvalue weighted by molar-refractivity contribution is 6.01. The van der Waals surface area contributed by atoms with Gasteiger partial charge in [-0.1, -0.05) is 31.5 Å². The molecule has 2 aromatic rings. The molecule has 2 heterocycles. The van der Waals surface area contributed by atoms with Gasteiger partial charge in [0.1, 0.15) is 0 Å². The second-order valence-corrected chi connectivity index (χ2v) is 8.27. The van der Waals surface area contributed by atoms with Crippen molar-refractivity contribution in [1.29, 1.82) is 0 Å². The van der Waals surface area contributed by atoms with Crippen LogP contribution in [0.3, 0.4) is 0 Å². The SMILES string of the molecule is CCCCNC(=O)C1c2ccccc2C(=O)N2CCc3cc(OCC)c(OCC)cc3C12. The van der Waals surface area contributed by atoms with Crippen molar-refractivity contribution in [2.75, 3.05) is 26.3 Å². The quantitative estimate of drug-likeness (QED) is 0.629. The molecule has 6 heteroatoms. The van der Waals surface area contributed by atoms with Crippen LogP contribution >= 0.6 is 0 Å². The maximum Gasteiger partial charge on any atom is 0.254 e. The maximum atomic E-state index is 13.5. The minimum Gasteiger partial charge on any atom is -0.490 e. The Bertz CT molecular complexity index is 1000. The molecular weight excluding hydrogens is 404 g/mol. The van der Waals surface area contributed by atoms with Crippen molar-refractivity contribution in [2.45, 2.75) is 52.0 Å². The molecule has 0 radical (unpaired) electrons. The molecule has 2 amide bonds. The van der Waals surface area contributed by atoms with E-state index >= 15 is 0 Å². The number of ether oxygens (including phenoxy) is 2. The van der Waals surface area contributed by atoms with E-state index in [0.29, 0.717) is 43.4 Å². The second-order valence-electron chi connectivity index (χ2n) is 8.27. The average Bonchev–Trinajstić information content (AvgIpc) is 2.80. The molecule has 2 aliphatic heterocycles. The molecule has 4 rings (SSSR count). The number of hydrogen-bond donors (Lipinski definition) is 1. The van der Waals surface area contributed by atoms with E-state index in [9.17, 15) is 9.59 Å². The minimum atomic E-state index is -0.466. The molecule has 0 saturated heterocycles. The van der Waals surface area contributed by atoms with Gasteiger partial charge in [-0.3, -0.25) is 9.59 Å². The molecule has 32 heavy (non-hydrogen) atoms. The summed E-state index contributed by atoms with van der Waals surface area (Å²) in [6, 6.07) is 11.2. The first kappa shape index (κ1) is 22.2. The van der Waals surface area contributed by atoms with Gasteiger partial charge < -0.3 is 19.7 Å². The fraction of sp³-hybridized carbons (Fsp3) is 0.462. The van der Waals surface area contributed by atoms with Gasteiger partial charge >= 0.3 is 0 Å². The van der Waals surface area contributed by atoms with Crippen LogP contribution in [0.2, 0.25) is 0 Å². The number of rotatable bonds is 8. The molecular formula is C26H32N2O4. The van der Waals surface area contributed by atoms with Gasteiger partial charge in [-0.15, -0.1) is 0 Å². The molecule has 0 aliphatic carbocycles. The smallest absolute Gasteiger partial charge is 0.254 e. The van der Waals surface area contributed by atoms with E-state index in [-0.39, 0.29) is 17.9 Å². The summed E-state index contributed by atoms with van der Waals surface area (Å²) >= 11 is 0. The first-order valence-corrected chi connectivity index (χ1v) is 11.7. The first-order valence-electron chi connectivity index (χ1n) is 11.7. The fourth-order valence-corrected chi connectivity index (χ4v) is 4.85. The Morgan fingerprint density at radius 2 is 1.78 bits per heavy atom. The summed E-state index contributed by atoms with van der Waals surface area (Å²) in [6.07, 6.45) is 2.66. The molecule has 0 bridgehead atoms. The van der Waals surface area contributed by atoms with Gasteiger partial charge in [0.25, 0.3) is 5.91 Å². The Morgan fingerprint density at radius 1 is 1.06 bits per heavy atom. The number of carbonyl (C=O) groups is 2. The van der Waals surface area contributed by atoms with Crippen LogP contribution in [0.25, 0.3) is 0 Å². The van der Waals surface area contributed by atoms with Crippen LogP contribution in [0, 0.1) is 0 Å². The van der Waals surface area contributed by atoms with Crippen molar-refractivity contribution in [3.8, 4) is 11.5 Å². The van der Waals surface area contributed by atoms with Crippen LogP contribution in [0.15, 0.2) is 36.4 Å². The van der Waals surface area contributed by atoms with E-state index < -0.39 is 5.92 Å². The second kappa shape index (κ2) is 9.63. The van der Waals surface area contributed by atoms with Gasteiger partial charge in [-0.25, -0.2) is 0 Å². The number of amides is 2. The molecule has 170 valence electrons. The van der Waals surface area contributed by atoms with E-state index in [4.69, 9.17) is 9.47 Å². The predicted octanol–water partition coefficient (Wildman–Crippen LogP) is 4.24. The summed E-state index contributed by atoms with van der Waals surface area (Å²) < 4.78 is 11.7. The number of nitrogens with one attached hydrogen (secondary N) is 1. The van der Waals surface area contributed by atoms with E-state index in [0.717, 1.165) is 36.0 Å². The van der Waals surface area contributed by atoms with Crippen molar-refractivity contribution >= 4 is 11.8 Å². The van der Waals surface area contributed by atoms with Crippen molar-refractivity contribution in [1.82, 2.24) is 10.2 Å². The van der Waals surface area contributed by atoms with Gasteiger partial charge in [0.2, 0.25) is 5.91 Å². The van der Waals surface area contributed by atoms with Crippen LogP contribution < -0.4 is 14.8 Å². The number of fused-ring (bicyclic) bond motifs is 4. The highest BCUT2D eigenvalue weighted by Gasteiger charge is 2.46. The molecule has 2 atom stereocenters. The van der Waals surface area contributed by atoms with Crippen LogP contribution in [-0.4, -0.2) is 43.0 Å². The third-order valence-electron chi connectivity index (χ3n) is 6.30. The van der Waals surface area contributed by atoms with E-state index in [1.807, 2.05) is 55.1 Å². The highest BCUT2D eigenvalue weighted by Crippen LogP contribution is 2.48. The van der Waals surface area contributed by atoms with Crippen LogP contribution in [0.1, 0.15) is 72.6 Å². The molecule has 1 N–H and O–H groups in total. The maximum absolute atomic E-state index is 13.5. The molecule has 0 saturated carbocycles. The zero-order valence-corrected chi connectivity index (χ0v) is 19.1. The molecule has 0 aromatic heterocycles. The lowest BCUT2D eigenvalue weighted by molar-refractivity contribution is -0.124. The molecule has 6 nitrogen and oxygen atoms in total. The van der Waals surface area contributed by atoms with Crippen LogP contribution in [-0.2, 0) is 11.2 Å². The Labute approximate surface area is 189 Å². The van der Waals surface area contributed by atoms with E-state index in [2.05, 4.69) is 12.2 Å². The Balaban J connectivity index is 1.83. The first-order chi connectivity index (χ1) is 15.6. The van der Waals surface area contributed by atoms with E-state index in [1.54, 1.807) is 0 Å². The van der Waals surface area contributed by atoms with Crippen molar-refractivity contribution in [3.63, 3.8) is 0 Å². The number of unbranched alkanes of at least 4 members (excludes halogenated alkanes) is 1. The summed E-state index contributed by atoms with van der Waals surface area (Å²) in [5, 5.41) is 3.11. The monoisotopic (exact) mass is 436 g/mol. The molecule has 0 fully saturated rings. The lowest BCUT2D eigenvalue weighted by Gasteiger charge is -2.45. The lowest BCUT2D eigenvalue weighted by atomic mass is 9.75. The standard InChI is InChI=1S/C26H32N2O4/c1-4-7-13-27-25(29)23-18-10-8-9-11-19(18)26(30)28-14-12-17-15-21(31-5-2)22(32-6-3)16-20(17)24(23)28/h8-11,15-16,23-24H,4-7,12-14H2,1-3H3,(H,27,29). The zero-order valence-electron chi connectivity index (χ0n) is 19.1. The zero-order chi connectivity index (χ0) is 22.7. The number of carbonyl (C=O) groups excluding carboxylic acids is 2. The van der Waals surface area contributed by atoms with Crippen LogP contribution in [0.4, 0.5) is 0 Å². The fourth-order valence-electron chi connectivity index (χ4n) is 4.85. The summed E-state index contributed by atoms with van der Waals surface area (Å²) in [4.78, 5) is 28.8. The summed E-state index contributed by atoms with van der Waals surface area (Å²) in [6.45, 7) is 8.25. The average molecular weight is 437 g/mol. The molecule has 2 aliphatic rings. The van der Waals surface area contributed by atoms with Gasteiger partial charge in [0.15, 0.2) is 11.5 Å². The third kappa shape index (κ3) is 3.94. The van der Waals surface area contributed by atoms with Gasteiger partial charge in [-0.05, 0) is 61.6 Å². The molecule has 2 unspecified atom stereocenters. The highest BCUT2D eigenvalue weighted by atomic mass is 16.5. The Kier molecular flexibility index (Phi) is 6.68. The summed E-state index contributed by atoms with van der Waals surface area (Å²) in [5.74, 6) is 0.862. The lowest BCUT2D eigenvalue weighted by Crippen LogP contribution is -2.50. The van der Waals surface area contributed by atoms with Crippen molar-refractivity contribution in [2.24, 2.45) is 0 Å².